The maximum atomic E-state index is 14.6. The number of methoxy groups -OCH3 is 2. The number of rotatable bonds is 10. The van der Waals surface area contributed by atoms with Gasteiger partial charge in [-0.2, -0.15) is 4.98 Å². The molecule has 0 bridgehead atoms. The van der Waals surface area contributed by atoms with Crippen LogP contribution >= 0.6 is 23.2 Å². The minimum absolute atomic E-state index is 0.0483. The molecule has 15 heteroatoms. The smallest absolute Gasteiger partial charge is 0.330 e. The molecule has 2 aromatic carbocycles. The number of likely N-dealkylation sites (tertiary alicyclic amines) is 1. The number of piperidine rings is 1. The van der Waals surface area contributed by atoms with Crippen LogP contribution in [-0.2, 0) is 16.1 Å². The molecule has 13 nitrogen and oxygen atoms in total. The normalized spacial score (nSPS) is 17.1. The summed E-state index contributed by atoms with van der Waals surface area (Å²) in [6.45, 7) is 4.87. The number of fused-ring (bicyclic) bond motifs is 1. The molecule has 3 amide bonds. The highest BCUT2D eigenvalue weighted by molar-refractivity contribution is 6.42. The van der Waals surface area contributed by atoms with Crippen LogP contribution in [0.5, 0.6) is 11.5 Å². The van der Waals surface area contributed by atoms with Crippen molar-refractivity contribution in [2.75, 3.05) is 94.3 Å². The molecule has 0 radical (unpaired) electrons. The van der Waals surface area contributed by atoms with E-state index in [1.54, 1.807) is 23.2 Å². The number of aromatic nitrogens is 2. The molecule has 3 aromatic rings. The lowest BCUT2D eigenvalue weighted by atomic mass is 10.0. The Morgan fingerprint density at radius 1 is 1.04 bits per heavy atom. The Bertz CT molecular complexity index is 1700. The summed E-state index contributed by atoms with van der Waals surface area (Å²) >= 11 is 13.6. The number of anilines is 5. The van der Waals surface area contributed by atoms with E-state index < -0.39 is 0 Å². The summed E-state index contributed by atoms with van der Waals surface area (Å²) in [5, 5.41) is 3.67. The molecule has 2 saturated heterocycles. The lowest BCUT2D eigenvalue weighted by molar-refractivity contribution is -0.127. The zero-order chi connectivity index (χ0) is 35.4. The van der Waals surface area contributed by atoms with Gasteiger partial charge in [0.25, 0.3) is 0 Å². The van der Waals surface area contributed by atoms with Crippen molar-refractivity contribution in [2.45, 2.75) is 25.4 Å². The zero-order valence-corrected chi connectivity index (χ0v) is 30.2. The van der Waals surface area contributed by atoms with Gasteiger partial charge in [-0.3, -0.25) is 14.6 Å². The fraction of sp³-hybridized carbons (Fsp3) is 0.429. The number of nitrogens with one attached hydrogen (secondary N) is 1. The molecule has 4 heterocycles. The van der Waals surface area contributed by atoms with Crippen LogP contribution in [0.25, 0.3) is 0 Å². The van der Waals surface area contributed by atoms with E-state index in [2.05, 4.69) is 27.3 Å². The van der Waals surface area contributed by atoms with E-state index >= 15 is 0 Å². The van der Waals surface area contributed by atoms with Crippen molar-refractivity contribution in [3.63, 3.8) is 0 Å². The SMILES string of the molecule is COc1cc(OC)c(Cl)c(N2Cc3cnc(Nc4ccc(N5CCOCC5)cc4)nc3N(C3CCN(C(=O)/C=C/CN(C)C)CC3)C2=O)c1Cl. The zero-order valence-electron chi connectivity index (χ0n) is 28.7. The van der Waals surface area contributed by atoms with Crippen molar-refractivity contribution in [3.8, 4) is 11.5 Å². The van der Waals surface area contributed by atoms with E-state index in [4.69, 9.17) is 42.4 Å². The van der Waals surface area contributed by atoms with Gasteiger partial charge in [-0.25, -0.2) is 9.78 Å². The molecule has 50 heavy (non-hydrogen) atoms. The number of ether oxygens (including phenoxy) is 3. The Balaban J connectivity index is 1.30. The summed E-state index contributed by atoms with van der Waals surface area (Å²) < 4.78 is 16.5. The highest BCUT2D eigenvalue weighted by Gasteiger charge is 2.41. The van der Waals surface area contributed by atoms with Crippen molar-refractivity contribution in [2.24, 2.45) is 0 Å². The van der Waals surface area contributed by atoms with Crippen LogP contribution in [0.1, 0.15) is 18.4 Å². The monoisotopic (exact) mass is 724 g/mol. The van der Waals surface area contributed by atoms with E-state index in [0.29, 0.717) is 74.5 Å². The minimum Gasteiger partial charge on any atom is -0.495 e. The van der Waals surface area contributed by atoms with Crippen LogP contribution in [0.2, 0.25) is 10.0 Å². The van der Waals surface area contributed by atoms with Gasteiger partial charge in [0.2, 0.25) is 11.9 Å². The Morgan fingerprint density at radius 2 is 1.70 bits per heavy atom. The molecule has 0 saturated carbocycles. The predicted octanol–water partition coefficient (Wildman–Crippen LogP) is 5.44. The second-order valence-electron chi connectivity index (χ2n) is 12.5. The van der Waals surface area contributed by atoms with E-state index in [9.17, 15) is 9.59 Å². The largest absolute Gasteiger partial charge is 0.495 e. The molecule has 2 fully saturated rings. The van der Waals surface area contributed by atoms with E-state index in [0.717, 1.165) is 24.5 Å². The Morgan fingerprint density at radius 3 is 2.32 bits per heavy atom. The fourth-order valence-electron chi connectivity index (χ4n) is 6.37. The van der Waals surface area contributed by atoms with E-state index in [1.165, 1.54) is 19.1 Å². The first-order chi connectivity index (χ1) is 24.2. The second-order valence-corrected chi connectivity index (χ2v) is 13.3. The van der Waals surface area contributed by atoms with Crippen molar-refractivity contribution in [3.05, 3.63) is 64.3 Å². The number of benzene rings is 2. The number of carbonyl (C=O) groups excluding carboxylic acids is 2. The summed E-state index contributed by atoms with van der Waals surface area (Å²) in [6.07, 6.45) is 6.28. The average Bonchev–Trinajstić information content (AvgIpc) is 3.13. The van der Waals surface area contributed by atoms with Gasteiger partial charge in [-0.1, -0.05) is 29.3 Å². The number of amides is 3. The second kappa shape index (κ2) is 15.7. The summed E-state index contributed by atoms with van der Waals surface area (Å²) in [4.78, 5) is 46.4. The third-order valence-corrected chi connectivity index (χ3v) is 9.76. The summed E-state index contributed by atoms with van der Waals surface area (Å²) in [6, 6.07) is 9.05. The molecule has 0 atom stereocenters. The van der Waals surface area contributed by atoms with E-state index in [-0.39, 0.29) is 40.3 Å². The number of morpholine rings is 1. The molecule has 1 aromatic heterocycles. The molecular formula is C35H42Cl2N8O5. The van der Waals surface area contributed by atoms with Gasteiger partial charge in [0, 0.05) is 74.0 Å². The number of hydrogen-bond acceptors (Lipinski definition) is 10. The van der Waals surface area contributed by atoms with Crippen molar-refractivity contribution < 1.29 is 23.8 Å². The summed E-state index contributed by atoms with van der Waals surface area (Å²) in [5.74, 6) is 1.43. The number of nitrogens with zero attached hydrogens (tertiary/aromatic N) is 7. The van der Waals surface area contributed by atoms with E-state index in [1.807, 2.05) is 42.1 Å². The maximum Gasteiger partial charge on any atom is 0.330 e. The topological polar surface area (TPSA) is 116 Å². The van der Waals surface area contributed by atoms with Crippen molar-refractivity contribution in [1.82, 2.24) is 19.8 Å². The summed E-state index contributed by atoms with van der Waals surface area (Å²) in [5.41, 5.74) is 2.91. The van der Waals surface area contributed by atoms with Crippen LogP contribution in [-0.4, -0.2) is 112 Å². The molecule has 0 spiro atoms. The average molecular weight is 726 g/mol. The molecular weight excluding hydrogens is 683 g/mol. The molecule has 1 N–H and O–H groups in total. The quantitative estimate of drug-likeness (QED) is 0.271. The van der Waals surface area contributed by atoms with Gasteiger partial charge < -0.3 is 34.2 Å². The minimum atomic E-state index is -0.355. The van der Waals surface area contributed by atoms with Crippen LogP contribution in [0.3, 0.4) is 0 Å². The van der Waals surface area contributed by atoms with Gasteiger partial charge in [0.05, 0.1) is 39.7 Å². The molecule has 3 aliphatic heterocycles. The number of halogens is 2. The first kappa shape index (κ1) is 35.5. The molecule has 6 rings (SSSR count). The standard InChI is InChI=1S/C35H42Cl2N8O5/c1-41(2)13-5-6-29(46)43-14-11-26(12-15-43)45-33-23(22-44(35(45)47)32-30(36)27(48-3)20-28(49-4)31(32)37)21-38-34(40-33)39-24-7-9-25(10-8-24)42-16-18-50-19-17-42/h5-10,20-21,26H,11-19,22H2,1-4H3,(H,38,39,40)/b6-5+. The Kier molecular flexibility index (Phi) is 11.2. The lowest BCUT2D eigenvalue weighted by Crippen LogP contribution is -2.55. The molecule has 0 unspecified atom stereocenters. The predicted molar refractivity (Wildman–Crippen MR) is 196 cm³/mol. The van der Waals surface area contributed by atoms with Crippen LogP contribution in [0, 0.1) is 0 Å². The summed E-state index contributed by atoms with van der Waals surface area (Å²) in [7, 11) is 6.88. The van der Waals surface area contributed by atoms with Crippen molar-refractivity contribution >= 4 is 64.0 Å². The molecule has 266 valence electrons. The third-order valence-electron chi connectivity index (χ3n) is 9.03. The first-order valence-electron chi connectivity index (χ1n) is 16.5. The number of likely N-dealkylation sites (N-methyl/N-ethyl adjacent to an activating group) is 1. The van der Waals surface area contributed by atoms with Crippen LogP contribution < -0.4 is 29.5 Å². The van der Waals surface area contributed by atoms with Crippen LogP contribution in [0.15, 0.2) is 48.7 Å². The number of urea groups is 1. The van der Waals surface area contributed by atoms with Gasteiger partial charge >= 0.3 is 6.03 Å². The highest BCUT2D eigenvalue weighted by Crippen LogP contribution is 2.48. The Hall–Kier alpha value is -4.30. The molecule has 3 aliphatic rings. The highest BCUT2D eigenvalue weighted by atomic mass is 35.5. The number of hydrogen-bond donors (Lipinski definition) is 1. The Labute approximate surface area is 302 Å². The van der Waals surface area contributed by atoms with Gasteiger partial charge in [0.1, 0.15) is 27.4 Å². The van der Waals surface area contributed by atoms with Crippen LogP contribution in [0.4, 0.5) is 33.6 Å². The third kappa shape index (κ3) is 7.55. The van der Waals surface area contributed by atoms with Gasteiger partial charge in [-0.15, -0.1) is 0 Å². The number of carbonyl (C=O) groups is 2. The molecule has 0 aliphatic carbocycles. The maximum absolute atomic E-state index is 14.6. The van der Waals surface area contributed by atoms with Gasteiger partial charge in [0.15, 0.2) is 0 Å². The van der Waals surface area contributed by atoms with Crippen molar-refractivity contribution in [1.29, 1.82) is 0 Å². The first-order valence-corrected chi connectivity index (χ1v) is 17.3. The lowest BCUT2D eigenvalue weighted by Gasteiger charge is -2.43. The van der Waals surface area contributed by atoms with Gasteiger partial charge in [-0.05, 0) is 51.2 Å². The fourth-order valence-corrected chi connectivity index (χ4v) is 7.08.